The summed E-state index contributed by atoms with van der Waals surface area (Å²) in [5.41, 5.74) is 5.89. The molecule has 0 aromatic carbocycles. The summed E-state index contributed by atoms with van der Waals surface area (Å²) in [7, 11) is 0. The van der Waals surface area contributed by atoms with Crippen LogP contribution in [0.4, 0.5) is 0 Å². The largest absolute Gasteiger partial charge is 0.481 e. The van der Waals surface area contributed by atoms with Gasteiger partial charge in [0.25, 0.3) is 0 Å². The average Bonchev–Trinajstić information content (AvgIpc) is 2.75. The van der Waals surface area contributed by atoms with Crippen LogP contribution in [0.3, 0.4) is 0 Å². The number of nitrogens with two attached hydrogens (primary N) is 1. The number of carboxylic acids is 1. The normalized spacial score (nSPS) is 15.3. The Balaban J connectivity index is 3.01. The van der Waals surface area contributed by atoms with E-state index in [1.807, 2.05) is 19.2 Å². The van der Waals surface area contributed by atoms with Crippen LogP contribution in [-0.4, -0.2) is 22.6 Å². The van der Waals surface area contributed by atoms with Crippen LogP contribution in [0.5, 0.6) is 0 Å². The Morgan fingerprint density at radius 1 is 1.45 bits per heavy atom. The molecule has 1 aromatic heterocycles. The van der Waals surface area contributed by atoms with Crippen LogP contribution in [0, 0.1) is 11.3 Å². The summed E-state index contributed by atoms with van der Waals surface area (Å²) in [6.45, 7) is 10.5. The monoisotopic (exact) mass is 298 g/mol. The van der Waals surface area contributed by atoms with Gasteiger partial charge in [-0.1, -0.05) is 34.6 Å². The number of nitrogens with zero attached hydrogens (tertiary/aromatic N) is 1. The van der Waals surface area contributed by atoms with E-state index < -0.39 is 11.4 Å². The molecule has 0 amide bonds. The minimum absolute atomic E-state index is 0.0125. The summed E-state index contributed by atoms with van der Waals surface area (Å²) < 4.78 is 0. The predicted octanol–water partition coefficient (Wildman–Crippen LogP) is 3.06. The zero-order valence-corrected chi connectivity index (χ0v) is 13.9. The fraction of sp³-hybridized carbons (Fsp3) is 0.733. The van der Waals surface area contributed by atoms with Crippen molar-refractivity contribution >= 4 is 17.3 Å². The Labute approximate surface area is 125 Å². The van der Waals surface area contributed by atoms with Crippen molar-refractivity contribution in [3.63, 3.8) is 0 Å². The summed E-state index contributed by atoms with van der Waals surface area (Å²) in [4.78, 5) is 16.3. The van der Waals surface area contributed by atoms with Gasteiger partial charge in [0.1, 0.15) is 0 Å². The zero-order valence-electron chi connectivity index (χ0n) is 13.1. The second-order valence-electron chi connectivity index (χ2n) is 6.94. The van der Waals surface area contributed by atoms with Crippen LogP contribution >= 0.6 is 11.3 Å². The Morgan fingerprint density at radius 2 is 2.05 bits per heavy atom. The third kappa shape index (κ3) is 4.03. The van der Waals surface area contributed by atoms with Gasteiger partial charge >= 0.3 is 5.97 Å². The predicted molar refractivity (Wildman–Crippen MR) is 83.1 cm³/mol. The van der Waals surface area contributed by atoms with Crippen molar-refractivity contribution in [1.29, 1.82) is 0 Å². The first kappa shape index (κ1) is 17.1. The van der Waals surface area contributed by atoms with E-state index in [4.69, 9.17) is 5.73 Å². The molecule has 5 heteroatoms. The van der Waals surface area contributed by atoms with Crippen molar-refractivity contribution in [1.82, 2.24) is 4.98 Å². The smallest absolute Gasteiger partial charge is 0.311 e. The number of rotatable bonds is 6. The number of hydrogen-bond acceptors (Lipinski definition) is 4. The van der Waals surface area contributed by atoms with E-state index in [0.29, 0.717) is 12.8 Å². The van der Waals surface area contributed by atoms with Gasteiger partial charge in [-0.3, -0.25) is 4.79 Å². The Morgan fingerprint density at radius 3 is 2.40 bits per heavy atom. The maximum atomic E-state index is 11.7. The van der Waals surface area contributed by atoms with E-state index in [2.05, 4.69) is 25.8 Å². The third-order valence-corrected chi connectivity index (χ3v) is 4.30. The van der Waals surface area contributed by atoms with Gasteiger partial charge in [0.15, 0.2) is 0 Å². The Bertz CT molecular complexity index is 463. The number of thiazole rings is 1. The lowest BCUT2D eigenvalue weighted by atomic mass is 9.77. The van der Waals surface area contributed by atoms with E-state index in [9.17, 15) is 9.90 Å². The highest BCUT2D eigenvalue weighted by atomic mass is 32.1. The molecule has 0 radical (unpaired) electrons. The van der Waals surface area contributed by atoms with Gasteiger partial charge in [0.2, 0.25) is 0 Å². The van der Waals surface area contributed by atoms with E-state index in [1.165, 1.54) is 11.3 Å². The van der Waals surface area contributed by atoms with Gasteiger partial charge in [-0.05, 0) is 12.3 Å². The Kier molecular flexibility index (Phi) is 5.33. The topological polar surface area (TPSA) is 76.2 Å². The minimum atomic E-state index is -0.902. The molecule has 1 atom stereocenters. The van der Waals surface area contributed by atoms with Crippen molar-refractivity contribution in [3.05, 3.63) is 16.1 Å². The molecule has 1 heterocycles. The highest BCUT2D eigenvalue weighted by Gasteiger charge is 2.39. The van der Waals surface area contributed by atoms with E-state index in [0.717, 1.165) is 10.7 Å². The average molecular weight is 298 g/mol. The van der Waals surface area contributed by atoms with E-state index in [-0.39, 0.29) is 17.9 Å². The number of aromatic nitrogens is 1. The van der Waals surface area contributed by atoms with Gasteiger partial charge in [-0.2, -0.15) is 0 Å². The molecule has 1 aromatic rings. The van der Waals surface area contributed by atoms with Gasteiger partial charge in [-0.15, -0.1) is 11.3 Å². The number of hydrogen-bond donors (Lipinski definition) is 2. The molecule has 1 unspecified atom stereocenters. The first-order valence-corrected chi connectivity index (χ1v) is 7.87. The van der Waals surface area contributed by atoms with Crippen LogP contribution in [-0.2, 0) is 16.6 Å². The summed E-state index contributed by atoms with van der Waals surface area (Å²) in [6, 6.07) is 0. The maximum absolute atomic E-state index is 11.7. The van der Waals surface area contributed by atoms with Gasteiger partial charge in [-0.25, -0.2) is 4.98 Å². The van der Waals surface area contributed by atoms with Gasteiger partial charge in [0, 0.05) is 23.8 Å². The van der Waals surface area contributed by atoms with Gasteiger partial charge < -0.3 is 10.8 Å². The summed E-state index contributed by atoms with van der Waals surface area (Å²) in [5.74, 6) is -0.530. The van der Waals surface area contributed by atoms with E-state index in [1.54, 1.807) is 0 Å². The van der Waals surface area contributed by atoms with Crippen LogP contribution in [0.2, 0.25) is 0 Å². The zero-order chi connectivity index (χ0) is 15.6. The standard InChI is InChI=1S/C15H26N2O2S/c1-10(2)6-15(9-16,13(18)19)7-12-17-11(8-20-12)14(3,4)5/h8,10H,6-7,9,16H2,1-5H3,(H,18,19). The fourth-order valence-corrected chi connectivity index (χ4v) is 3.45. The second-order valence-corrected chi connectivity index (χ2v) is 7.88. The van der Waals surface area contributed by atoms with Crippen LogP contribution in [0.15, 0.2) is 5.38 Å². The molecule has 4 nitrogen and oxygen atoms in total. The minimum Gasteiger partial charge on any atom is -0.481 e. The number of carbonyl (C=O) groups is 1. The summed E-state index contributed by atoms with van der Waals surface area (Å²) in [5, 5.41) is 12.5. The molecule has 0 bridgehead atoms. The van der Waals surface area contributed by atoms with Crippen LogP contribution in [0.1, 0.15) is 51.7 Å². The van der Waals surface area contributed by atoms with Crippen molar-refractivity contribution in [2.45, 2.75) is 52.9 Å². The first-order valence-electron chi connectivity index (χ1n) is 6.99. The fourth-order valence-electron chi connectivity index (χ4n) is 2.29. The molecular weight excluding hydrogens is 272 g/mol. The molecule has 0 aliphatic rings. The Hall–Kier alpha value is -0.940. The third-order valence-electron chi connectivity index (χ3n) is 3.45. The lowest BCUT2D eigenvalue weighted by Crippen LogP contribution is -2.41. The molecule has 0 fully saturated rings. The SMILES string of the molecule is CC(C)CC(CN)(Cc1nc(C(C)(C)C)cs1)C(=O)O. The molecule has 0 spiro atoms. The molecule has 0 saturated heterocycles. The lowest BCUT2D eigenvalue weighted by molar-refractivity contribution is -0.149. The van der Waals surface area contributed by atoms with Crippen molar-refractivity contribution < 1.29 is 9.90 Å². The second kappa shape index (κ2) is 6.22. The maximum Gasteiger partial charge on any atom is 0.311 e. The number of aliphatic carboxylic acids is 1. The van der Waals surface area contributed by atoms with Crippen molar-refractivity contribution in [2.75, 3.05) is 6.54 Å². The van der Waals surface area contributed by atoms with Crippen LogP contribution in [0.25, 0.3) is 0 Å². The molecule has 0 aliphatic carbocycles. The lowest BCUT2D eigenvalue weighted by Gasteiger charge is -2.28. The van der Waals surface area contributed by atoms with Crippen LogP contribution < -0.4 is 5.73 Å². The highest BCUT2D eigenvalue weighted by molar-refractivity contribution is 7.09. The molecule has 114 valence electrons. The molecular formula is C15H26N2O2S. The van der Waals surface area contributed by atoms with Crippen molar-refractivity contribution in [3.8, 4) is 0 Å². The highest BCUT2D eigenvalue weighted by Crippen LogP contribution is 2.33. The van der Waals surface area contributed by atoms with E-state index >= 15 is 0 Å². The molecule has 0 saturated carbocycles. The van der Waals surface area contributed by atoms with Gasteiger partial charge in [0.05, 0.1) is 16.1 Å². The van der Waals surface area contributed by atoms with Crippen molar-refractivity contribution in [2.24, 2.45) is 17.1 Å². The summed E-state index contributed by atoms with van der Waals surface area (Å²) >= 11 is 1.53. The number of carboxylic acid groups (broad SMARTS) is 1. The molecule has 0 aliphatic heterocycles. The summed E-state index contributed by atoms with van der Waals surface area (Å²) in [6.07, 6.45) is 0.987. The molecule has 1 rings (SSSR count). The molecule has 3 N–H and O–H groups in total. The quantitative estimate of drug-likeness (QED) is 0.846. The molecule has 20 heavy (non-hydrogen) atoms. The first-order chi connectivity index (χ1) is 9.10.